The molecule has 0 unspecified atom stereocenters. The van der Waals surface area contributed by atoms with Crippen LogP contribution in [0.2, 0.25) is 5.02 Å². The average molecular weight is 301 g/mol. The normalized spacial score (nSPS) is 17.2. The highest BCUT2D eigenvalue weighted by Gasteiger charge is 2.38. The van der Waals surface area contributed by atoms with Gasteiger partial charge in [0.15, 0.2) is 0 Å². The van der Waals surface area contributed by atoms with E-state index in [1.807, 2.05) is 0 Å². The molecule has 6 heteroatoms. The Kier molecular flexibility index (Phi) is 4.06. The number of thiocarbonyl (C=S) groups is 1. The van der Waals surface area contributed by atoms with Crippen molar-refractivity contribution < 1.29 is 9.18 Å². The van der Waals surface area contributed by atoms with Crippen LogP contribution in [0.4, 0.5) is 4.39 Å². The fourth-order valence-corrected chi connectivity index (χ4v) is 2.84. The number of amides is 1. The van der Waals surface area contributed by atoms with Crippen LogP contribution in [0.1, 0.15) is 36.0 Å². The molecule has 1 amide bonds. The van der Waals surface area contributed by atoms with Gasteiger partial charge < -0.3 is 11.1 Å². The van der Waals surface area contributed by atoms with E-state index in [9.17, 15) is 9.18 Å². The zero-order valence-corrected chi connectivity index (χ0v) is 11.8. The van der Waals surface area contributed by atoms with Gasteiger partial charge in [-0.3, -0.25) is 4.79 Å². The molecule has 0 saturated heterocycles. The van der Waals surface area contributed by atoms with Crippen molar-refractivity contribution in [3.05, 3.63) is 34.6 Å². The number of benzene rings is 1. The van der Waals surface area contributed by atoms with E-state index in [2.05, 4.69) is 5.32 Å². The van der Waals surface area contributed by atoms with Crippen molar-refractivity contribution in [2.75, 3.05) is 0 Å². The van der Waals surface area contributed by atoms with Gasteiger partial charge in [0.2, 0.25) is 0 Å². The largest absolute Gasteiger partial charge is 0.391 e. The summed E-state index contributed by atoms with van der Waals surface area (Å²) < 4.78 is 13.3. The number of hydrogen-bond acceptors (Lipinski definition) is 2. The molecule has 2 rings (SSSR count). The zero-order chi connectivity index (χ0) is 14.0. The second kappa shape index (κ2) is 5.43. The van der Waals surface area contributed by atoms with Crippen LogP contribution in [0.5, 0.6) is 0 Å². The van der Waals surface area contributed by atoms with Crippen molar-refractivity contribution in [3.63, 3.8) is 0 Å². The van der Waals surface area contributed by atoms with Gasteiger partial charge >= 0.3 is 0 Å². The number of rotatable bonds is 3. The van der Waals surface area contributed by atoms with Crippen molar-refractivity contribution in [2.45, 2.75) is 31.2 Å². The summed E-state index contributed by atoms with van der Waals surface area (Å²) in [5.41, 5.74) is 5.17. The highest BCUT2D eigenvalue weighted by atomic mass is 35.5. The molecule has 1 aliphatic carbocycles. The third-order valence-electron chi connectivity index (χ3n) is 3.48. The number of carbonyl (C=O) groups is 1. The van der Waals surface area contributed by atoms with E-state index in [0.717, 1.165) is 12.8 Å². The van der Waals surface area contributed by atoms with Crippen molar-refractivity contribution in [1.29, 1.82) is 0 Å². The van der Waals surface area contributed by atoms with Gasteiger partial charge in [0.05, 0.1) is 21.1 Å². The summed E-state index contributed by atoms with van der Waals surface area (Å²) in [4.78, 5) is 12.5. The lowest BCUT2D eigenvalue weighted by Gasteiger charge is -2.29. The first kappa shape index (κ1) is 14.2. The molecule has 0 spiro atoms. The van der Waals surface area contributed by atoms with Gasteiger partial charge in [0.1, 0.15) is 5.82 Å². The predicted octanol–water partition coefficient (Wildman–Crippen LogP) is 2.81. The SMILES string of the molecule is NC(=S)C1(NC(=O)c2cccc(F)c2Cl)CCCC1. The average Bonchev–Trinajstić information content (AvgIpc) is 2.82. The molecule has 0 atom stereocenters. The molecular formula is C13H14ClFN2OS. The van der Waals surface area contributed by atoms with Gasteiger partial charge in [0.25, 0.3) is 5.91 Å². The van der Waals surface area contributed by atoms with Crippen LogP contribution in [0.3, 0.4) is 0 Å². The second-order valence-corrected chi connectivity index (χ2v) is 5.53. The van der Waals surface area contributed by atoms with Crippen LogP contribution in [-0.4, -0.2) is 16.4 Å². The maximum Gasteiger partial charge on any atom is 0.253 e. The molecule has 0 aromatic heterocycles. The molecule has 0 aliphatic heterocycles. The summed E-state index contributed by atoms with van der Waals surface area (Å²) in [5.74, 6) is -1.07. The molecule has 102 valence electrons. The molecule has 1 saturated carbocycles. The van der Waals surface area contributed by atoms with Gasteiger partial charge in [-0.2, -0.15) is 0 Å². The van der Waals surface area contributed by atoms with Crippen molar-refractivity contribution >= 4 is 34.7 Å². The van der Waals surface area contributed by atoms with Crippen molar-refractivity contribution in [3.8, 4) is 0 Å². The topological polar surface area (TPSA) is 55.1 Å². The summed E-state index contributed by atoms with van der Waals surface area (Å²) in [7, 11) is 0. The Morgan fingerprint density at radius 3 is 2.63 bits per heavy atom. The molecular weight excluding hydrogens is 287 g/mol. The van der Waals surface area contributed by atoms with E-state index in [4.69, 9.17) is 29.6 Å². The minimum atomic E-state index is -0.665. The first-order valence-electron chi connectivity index (χ1n) is 6.03. The highest BCUT2D eigenvalue weighted by molar-refractivity contribution is 7.80. The smallest absolute Gasteiger partial charge is 0.253 e. The maximum absolute atomic E-state index is 13.3. The number of halogens is 2. The summed E-state index contributed by atoms with van der Waals surface area (Å²) >= 11 is 10.8. The molecule has 3 nitrogen and oxygen atoms in total. The van der Waals surface area contributed by atoms with E-state index in [0.29, 0.717) is 12.8 Å². The van der Waals surface area contributed by atoms with Crippen LogP contribution in [0, 0.1) is 5.82 Å². The Balaban J connectivity index is 2.25. The van der Waals surface area contributed by atoms with E-state index in [1.165, 1.54) is 18.2 Å². The van der Waals surface area contributed by atoms with Gasteiger partial charge in [-0.05, 0) is 25.0 Å². The van der Waals surface area contributed by atoms with Gasteiger partial charge in [0, 0.05) is 0 Å². The van der Waals surface area contributed by atoms with Crippen molar-refractivity contribution in [1.82, 2.24) is 5.32 Å². The Bertz CT molecular complexity index is 529. The van der Waals surface area contributed by atoms with Crippen LogP contribution in [0.25, 0.3) is 0 Å². The fraction of sp³-hybridized carbons (Fsp3) is 0.385. The number of nitrogens with one attached hydrogen (secondary N) is 1. The minimum Gasteiger partial charge on any atom is -0.391 e. The molecule has 1 aliphatic rings. The maximum atomic E-state index is 13.3. The molecule has 1 aromatic rings. The first-order chi connectivity index (χ1) is 8.96. The Morgan fingerprint density at radius 1 is 1.42 bits per heavy atom. The van der Waals surface area contributed by atoms with Crippen LogP contribution in [0.15, 0.2) is 18.2 Å². The molecule has 1 fully saturated rings. The Labute approximate surface area is 121 Å². The molecule has 0 bridgehead atoms. The molecule has 0 radical (unpaired) electrons. The third kappa shape index (κ3) is 2.72. The van der Waals surface area contributed by atoms with E-state index >= 15 is 0 Å². The summed E-state index contributed by atoms with van der Waals surface area (Å²) in [6.45, 7) is 0. The van der Waals surface area contributed by atoms with Gasteiger partial charge in [-0.25, -0.2) is 4.39 Å². The van der Waals surface area contributed by atoms with Crippen LogP contribution < -0.4 is 11.1 Å². The van der Waals surface area contributed by atoms with Crippen LogP contribution in [-0.2, 0) is 0 Å². The summed E-state index contributed by atoms with van der Waals surface area (Å²) in [5, 5.41) is 2.64. The molecule has 19 heavy (non-hydrogen) atoms. The lowest BCUT2D eigenvalue weighted by atomic mass is 9.97. The summed E-state index contributed by atoms with van der Waals surface area (Å²) in [6, 6.07) is 4.12. The van der Waals surface area contributed by atoms with Gasteiger partial charge in [-0.1, -0.05) is 42.7 Å². The van der Waals surface area contributed by atoms with Crippen LogP contribution >= 0.6 is 23.8 Å². The third-order valence-corrected chi connectivity index (χ3v) is 4.25. The van der Waals surface area contributed by atoms with Gasteiger partial charge in [-0.15, -0.1) is 0 Å². The number of carbonyl (C=O) groups excluding carboxylic acids is 1. The van der Waals surface area contributed by atoms with E-state index < -0.39 is 17.3 Å². The second-order valence-electron chi connectivity index (χ2n) is 4.71. The lowest BCUT2D eigenvalue weighted by molar-refractivity contribution is 0.0924. The Morgan fingerprint density at radius 2 is 2.05 bits per heavy atom. The zero-order valence-electron chi connectivity index (χ0n) is 10.2. The van der Waals surface area contributed by atoms with Crippen molar-refractivity contribution in [2.24, 2.45) is 5.73 Å². The Hall–Kier alpha value is -1.20. The quantitative estimate of drug-likeness (QED) is 0.844. The highest BCUT2D eigenvalue weighted by Crippen LogP contribution is 2.31. The monoisotopic (exact) mass is 300 g/mol. The molecule has 1 aromatic carbocycles. The first-order valence-corrected chi connectivity index (χ1v) is 6.81. The molecule has 0 heterocycles. The number of nitrogens with two attached hydrogens (primary N) is 1. The molecule has 3 N–H and O–H groups in total. The van der Waals surface area contributed by atoms with E-state index in [1.54, 1.807) is 0 Å². The predicted molar refractivity (Wildman–Crippen MR) is 76.9 cm³/mol. The lowest BCUT2D eigenvalue weighted by Crippen LogP contribution is -2.54. The number of hydrogen-bond donors (Lipinski definition) is 2. The van der Waals surface area contributed by atoms with E-state index in [-0.39, 0.29) is 15.6 Å². The standard InChI is InChI=1S/C13H14ClFN2OS/c14-10-8(4-3-5-9(10)15)11(18)17-13(12(16)19)6-1-2-7-13/h3-5H,1-2,6-7H2,(H2,16,19)(H,17,18). The fourth-order valence-electron chi connectivity index (χ4n) is 2.38. The minimum absolute atomic E-state index is 0.101. The summed E-state index contributed by atoms with van der Waals surface area (Å²) in [6.07, 6.45) is 3.32.